The van der Waals surface area contributed by atoms with E-state index in [9.17, 15) is 19.5 Å². The maximum atomic E-state index is 12.7. The summed E-state index contributed by atoms with van der Waals surface area (Å²) in [4.78, 5) is 36.7. The minimum atomic E-state index is -1.14. The molecular weight excluding hydrogens is 679 g/mol. The van der Waals surface area contributed by atoms with Gasteiger partial charge in [-0.2, -0.15) is 0 Å². The van der Waals surface area contributed by atoms with Crippen LogP contribution in [0, 0.1) is 0 Å². The number of esters is 2. The SMILES string of the molecule is CC/C=C/C/C=C/C/C=C/C/C=C/CCCCCCCCC(=O)OC(COCCC(C(=O)[O-])[N+](C)(C)C)COC(=O)CCCCC/C=C/C=C/CCCC. The fraction of sp³-hybridized carbons (Fsp3) is 0.674. The summed E-state index contributed by atoms with van der Waals surface area (Å²) in [6.07, 6.45) is 45.0. The average molecular weight is 756 g/mol. The van der Waals surface area contributed by atoms with Gasteiger partial charge < -0.3 is 28.6 Å². The van der Waals surface area contributed by atoms with Gasteiger partial charge in [0.2, 0.25) is 0 Å². The number of allylic oxidation sites excluding steroid dienone is 12. The third kappa shape index (κ3) is 34.5. The van der Waals surface area contributed by atoms with Crippen molar-refractivity contribution < 1.29 is 38.2 Å². The van der Waals surface area contributed by atoms with Crippen LogP contribution in [0.3, 0.4) is 0 Å². The number of quaternary nitrogens is 1. The lowest BCUT2D eigenvalue weighted by molar-refractivity contribution is -0.889. The van der Waals surface area contributed by atoms with Gasteiger partial charge in [-0.05, 0) is 70.6 Å². The number of rotatable bonds is 36. The zero-order valence-electron chi connectivity index (χ0n) is 34.9. The van der Waals surface area contributed by atoms with Gasteiger partial charge in [-0.25, -0.2) is 0 Å². The van der Waals surface area contributed by atoms with Gasteiger partial charge in [-0.15, -0.1) is 0 Å². The minimum absolute atomic E-state index is 0.0223. The summed E-state index contributed by atoms with van der Waals surface area (Å²) in [7, 11) is 5.38. The van der Waals surface area contributed by atoms with Crippen molar-refractivity contribution in [2.45, 2.75) is 161 Å². The summed E-state index contributed by atoms with van der Waals surface area (Å²) in [5, 5.41) is 11.6. The van der Waals surface area contributed by atoms with Crippen molar-refractivity contribution in [3.8, 4) is 0 Å². The molecule has 0 bridgehead atoms. The number of hydrogen-bond acceptors (Lipinski definition) is 7. The highest BCUT2D eigenvalue weighted by Crippen LogP contribution is 2.12. The van der Waals surface area contributed by atoms with Crippen molar-refractivity contribution in [1.29, 1.82) is 0 Å². The molecule has 0 aliphatic carbocycles. The van der Waals surface area contributed by atoms with Gasteiger partial charge in [-0.1, -0.05) is 132 Å². The van der Waals surface area contributed by atoms with Crippen LogP contribution >= 0.6 is 0 Å². The molecule has 54 heavy (non-hydrogen) atoms. The van der Waals surface area contributed by atoms with Gasteiger partial charge in [0.1, 0.15) is 12.6 Å². The molecule has 0 aliphatic rings. The van der Waals surface area contributed by atoms with E-state index in [2.05, 4.69) is 86.8 Å². The van der Waals surface area contributed by atoms with E-state index in [4.69, 9.17) is 14.2 Å². The van der Waals surface area contributed by atoms with E-state index in [1.165, 1.54) is 25.7 Å². The van der Waals surface area contributed by atoms with Gasteiger partial charge in [0.05, 0.1) is 40.3 Å². The number of carbonyl (C=O) groups is 3. The third-order valence-corrected chi connectivity index (χ3v) is 8.85. The molecule has 0 N–H and O–H groups in total. The fourth-order valence-electron chi connectivity index (χ4n) is 5.57. The molecule has 0 rings (SSSR count). The molecular formula is C46H77NO7. The molecule has 308 valence electrons. The fourth-order valence-corrected chi connectivity index (χ4v) is 5.57. The normalized spacial score (nSPS) is 13.7. The third-order valence-electron chi connectivity index (χ3n) is 8.85. The van der Waals surface area contributed by atoms with Crippen molar-refractivity contribution in [1.82, 2.24) is 0 Å². The van der Waals surface area contributed by atoms with Crippen molar-refractivity contribution in [3.63, 3.8) is 0 Å². The number of nitrogens with zero attached hydrogens (tertiary/aromatic N) is 1. The van der Waals surface area contributed by atoms with Crippen LogP contribution in [0.15, 0.2) is 72.9 Å². The topological polar surface area (TPSA) is 102 Å². The number of carboxylic acid groups (broad SMARTS) is 1. The van der Waals surface area contributed by atoms with Crippen LogP contribution in [-0.4, -0.2) is 75.5 Å². The number of hydrogen-bond donors (Lipinski definition) is 0. The van der Waals surface area contributed by atoms with Crippen molar-refractivity contribution in [3.05, 3.63) is 72.9 Å². The van der Waals surface area contributed by atoms with Crippen LogP contribution in [0.25, 0.3) is 0 Å². The highest BCUT2D eigenvalue weighted by Gasteiger charge is 2.25. The maximum absolute atomic E-state index is 12.7. The second-order valence-electron chi connectivity index (χ2n) is 14.9. The molecule has 0 saturated heterocycles. The molecule has 0 aromatic rings. The van der Waals surface area contributed by atoms with Gasteiger partial charge in [-0.3, -0.25) is 9.59 Å². The zero-order valence-corrected chi connectivity index (χ0v) is 34.9. The number of likely N-dealkylation sites (N-methyl/N-ethyl adjacent to an activating group) is 1. The summed E-state index contributed by atoms with van der Waals surface area (Å²) >= 11 is 0. The predicted octanol–water partition coefficient (Wildman–Crippen LogP) is 9.85. The molecule has 0 amide bonds. The standard InChI is InChI=1S/C46H77NO7/c1-6-8-10-12-14-16-18-19-20-21-22-23-24-25-27-29-31-33-35-37-45(49)54-42(40-52-39-38-43(46(50)51)47(3,4)5)41-53-44(48)36-34-32-30-28-26-17-15-13-11-9-7-2/h8,10,13-17,19-20,22-23,26,42-43H,6-7,9,11-12,18,21,24-25,27-41H2,1-5H3/b10-8+,15-13+,16-14+,20-19+,23-22+,26-17+. The highest BCUT2D eigenvalue weighted by molar-refractivity contribution is 5.70. The Hall–Kier alpha value is -3.23. The van der Waals surface area contributed by atoms with E-state index in [1.807, 2.05) is 0 Å². The van der Waals surface area contributed by atoms with Crippen molar-refractivity contribution in [2.75, 3.05) is 41.0 Å². The molecule has 0 aromatic carbocycles. The highest BCUT2D eigenvalue weighted by atomic mass is 16.6. The van der Waals surface area contributed by atoms with Crippen LogP contribution in [0.2, 0.25) is 0 Å². The summed E-state index contributed by atoms with van der Waals surface area (Å²) in [6.45, 7) is 4.43. The molecule has 8 heteroatoms. The van der Waals surface area contributed by atoms with E-state index >= 15 is 0 Å². The summed E-state index contributed by atoms with van der Waals surface area (Å²) in [5.41, 5.74) is 0. The van der Waals surface area contributed by atoms with E-state index in [0.29, 0.717) is 12.8 Å². The van der Waals surface area contributed by atoms with E-state index in [-0.39, 0.29) is 42.7 Å². The molecule has 0 fully saturated rings. The van der Waals surface area contributed by atoms with Crippen molar-refractivity contribution in [2.24, 2.45) is 0 Å². The second-order valence-corrected chi connectivity index (χ2v) is 14.9. The molecule has 0 saturated carbocycles. The van der Waals surface area contributed by atoms with E-state index in [1.54, 1.807) is 21.1 Å². The summed E-state index contributed by atoms with van der Waals surface area (Å²) in [5.74, 6) is -1.80. The number of aliphatic carboxylic acids is 1. The first-order chi connectivity index (χ1) is 26.1. The first-order valence-corrected chi connectivity index (χ1v) is 21.0. The maximum Gasteiger partial charge on any atom is 0.306 e. The Morgan fingerprint density at radius 2 is 1.09 bits per heavy atom. The molecule has 0 aromatic heterocycles. The van der Waals surface area contributed by atoms with E-state index < -0.39 is 18.1 Å². The molecule has 8 nitrogen and oxygen atoms in total. The number of unbranched alkanes of at least 4 members (excludes halogenated alkanes) is 11. The molecule has 0 radical (unpaired) electrons. The zero-order chi connectivity index (χ0) is 40.0. The quantitative estimate of drug-likeness (QED) is 0.0206. The van der Waals surface area contributed by atoms with Gasteiger partial charge in [0, 0.05) is 19.3 Å². The number of ether oxygens (including phenoxy) is 3. The average Bonchev–Trinajstić information content (AvgIpc) is 3.12. The van der Waals surface area contributed by atoms with Crippen LogP contribution in [-0.2, 0) is 28.6 Å². The monoisotopic (exact) mass is 756 g/mol. The lowest BCUT2D eigenvalue weighted by atomic mass is 10.1. The molecule has 2 unspecified atom stereocenters. The van der Waals surface area contributed by atoms with E-state index in [0.717, 1.165) is 89.9 Å². The summed E-state index contributed by atoms with van der Waals surface area (Å²) < 4.78 is 17.1. The van der Waals surface area contributed by atoms with Gasteiger partial charge >= 0.3 is 11.9 Å². The van der Waals surface area contributed by atoms with Crippen molar-refractivity contribution >= 4 is 17.9 Å². The largest absolute Gasteiger partial charge is 0.544 e. The Morgan fingerprint density at radius 1 is 0.593 bits per heavy atom. The second kappa shape index (κ2) is 36.7. The number of carbonyl (C=O) groups excluding carboxylic acids is 3. The first kappa shape index (κ1) is 50.8. The first-order valence-electron chi connectivity index (χ1n) is 21.0. The lowest BCUT2D eigenvalue weighted by Gasteiger charge is -2.34. The Balaban J connectivity index is 4.42. The molecule has 0 aliphatic heterocycles. The smallest absolute Gasteiger partial charge is 0.306 e. The Morgan fingerprint density at radius 3 is 1.67 bits per heavy atom. The molecule has 0 heterocycles. The predicted molar refractivity (Wildman–Crippen MR) is 222 cm³/mol. The van der Waals surface area contributed by atoms with Gasteiger partial charge in [0.25, 0.3) is 0 Å². The molecule has 0 spiro atoms. The summed E-state index contributed by atoms with van der Waals surface area (Å²) in [6, 6.07) is -0.735. The minimum Gasteiger partial charge on any atom is -0.544 e. The molecule has 2 atom stereocenters. The lowest BCUT2D eigenvalue weighted by Crippen LogP contribution is -2.55. The van der Waals surface area contributed by atoms with Crippen LogP contribution in [0.1, 0.15) is 149 Å². The van der Waals surface area contributed by atoms with Crippen LogP contribution in [0.5, 0.6) is 0 Å². The van der Waals surface area contributed by atoms with Crippen LogP contribution < -0.4 is 5.11 Å². The Bertz CT molecular complexity index is 1110. The Kier molecular flexibility index (Phi) is 34.5. The van der Waals surface area contributed by atoms with Crippen LogP contribution in [0.4, 0.5) is 0 Å². The number of carboxylic acids is 1. The Labute approximate surface area is 330 Å². The van der Waals surface area contributed by atoms with Gasteiger partial charge in [0.15, 0.2) is 6.10 Å².